The maximum atomic E-state index is 10.8. The van der Waals surface area contributed by atoms with Crippen LogP contribution in [0.1, 0.15) is 26.7 Å². The zero-order valence-electron chi connectivity index (χ0n) is 11.8. The third-order valence-corrected chi connectivity index (χ3v) is 2.09. The minimum Gasteiger partial charge on any atom is -0.469 e. The molecule has 0 aromatic rings. The van der Waals surface area contributed by atoms with Gasteiger partial charge in [-0.3, -0.25) is 4.79 Å². The van der Waals surface area contributed by atoms with Gasteiger partial charge in [0, 0.05) is 19.6 Å². The second-order valence-electron chi connectivity index (χ2n) is 4.37. The zero-order chi connectivity index (χ0) is 13.6. The quantitative estimate of drug-likeness (QED) is 0.395. The summed E-state index contributed by atoms with van der Waals surface area (Å²) in [4.78, 5) is 10.8. The Hall–Kier alpha value is -0.650. The molecule has 0 amide bonds. The number of carbonyl (C=O) groups is 1. The van der Waals surface area contributed by atoms with E-state index in [0.717, 1.165) is 6.61 Å². The van der Waals surface area contributed by atoms with E-state index in [9.17, 15) is 4.79 Å². The molecule has 0 aliphatic rings. The van der Waals surface area contributed by atoms with Gasteiger partial charge in [0.05, 0.1) is 33.5 Å². The van der Waals surface area contributed by atoms with Crippen LogP contribution in [0.25, 0.3) is 0 Å². The average molecular weight is 262 g/mol. The van der Waals surface area contributed by atoms with E-state index in [1.807, 2.05) is 0 Å². The standard InChI is InChI=1S/C13H26O5/c1-12(2)11-18-10-9-17-8-7-16-6-4-5-13(14)15-3/h12H,4-11H2,1-3H3. The van der Waals surface area contributed by atoms with Crippen molar-refractivity contribution in [2.24, 2.45) is 5.92 Å². The normalized spacial score (nSPS) is 10.9. The summed E-state index contributed by atoms with van der Waals surface area (Å²) in [5, 5.41) is 0. The molecule has 0 bridgehead atoms. The van der Waals surface area contributed by atoms with E-state index in [1.165, 1.54) is 7.11 Å². The van der Waals surface area contributed by atoms with Crippen LogP contribution in [0.2, 0.25) is 0 Å². The van der Waals surface area contributed by atoms with Gasteiger partial charge >= 0.3 is 5.97 Å². The summed E-state index contributed by atoms with van der Waals surface area (Å²) >= 11 is 0. The van der Waals surface area contributed by atoms with Crippen LogP contribution < -0.4 is 0 Å². The minimum atomic E-state index is -0.197. The van der Waals surface area contributed by atoms with Crippen molar-refractivity contribution in [1.82, 2.24) is 0 Å². The first kappa shape index (κ1) is 17.4. The molecule has 18 heavy (non-hydrogen) atoms. The van der Waals surface area contributed by atoms with Crippen LogP contribution in [0, 0.1) is 5.92 Å². The second kappa shape index (κ2) is 12.8. The molecule has 0 atom stereocenters. The molecule has 0 spiro atoms. The lowest BCUT2D eigenvalue weighted by Gasteiger charge is -2.08. The minimum absolute atomic E-state index is 0.197. The fourth-order valence-electron chi connectivity index (χ4n) is 1.18. The highest BCUT2D eigenvalue weighted by Gasteiger charge is 1.99. The number of ether oxygens (including phenoxy) is 4. The number of methoxy groups -OCH3 is 1. The molecule has 0 aromatic carbocycles. The van der Waals surface area contributed by atoms with Gasteiger partial charge in [0.15, 0.2) is 0 Å². The topological polar surface area (TPSA) is 54.0 Å². The average Bonchev–Trinajstić information content (AvgIpc) is 2.35. The number of hydrogen-bond acceptors (Lipinski definition) is 5. The summed E-state index contributed by atoms with van der Waals surface area (Å²) in [6, 6.07) is 0. The number of rotatable bonds is 12. The number of esters is 1. The van der Waals surface area contributed by atoms with Crippen LogP contribution in [0.15, 0.2) is 0 Å². The maximum absolute atomic E-state index is 10.8. The number of carbonyl (C=O) groups excluding carboxylic acids is 1. The Labute approximate surface area is 110 Å². The first-order chi connectivity index (χ1) is 8.66. The Balaban J connectivity index is 3.01. The molecule has 0 aromatic heterocycles. The molecule has 0 radical (unpaired) electrons. The van der Waals surface area contributed by atoms with Gasteiger partial charge in [-0.2, -0.15) is 0 Å². The van der Waals surface area contributed by atoms with Crippen LogP contribution in [-0.2, 0) is 23.7 Å². The third-order valence-electron chi connectivity index (χ3n) is 2.09. The van der Waals surface area contributed by atoms with Crippen molar-refractivity contribution in [2.45, 2.75) is 26.7 Å². The highest BCUT2D eigenvalue weighted by molar-refractivity contribution is 5.68. The third kappa shape index (κ3) is 13.4. The smallest absolute Gasteiger partial charge is 0.305 e. The van der Waals surface area contributed by atoms with Gasteiger partial charge in [0.25, 0.3) is 0 Å². The van der Waals surface area contributed by atoms with Crippen molar-refractivity contribution in [2.75, 3.05) is 46.8 Å². The fourth-order valence-corrected chi connectivity index (χ4v) is 1.18. The van der Waals surface area contributed by atoms with Crippen LogP contribution in [-0.4, -0.2) is 52.7 Å². The number of hydrogen-bond donors (Lipinski definition) is 0. The summed E-state index contributed by atoms with van der Waals surface area (Å²) in [5.41, 5.74) is 0. The summed E-state index contributed by atoms with van der Waals surface area (Å²) < 4.78 is 20.5. The molecule has 0 unspecified atom stereocenters. The molecule has 5 heteroatoms. The first-order valence-corrected chi connectivity index (χ1v) is 6.47. The Bertz CT molecular complexity index is 194. The predicted molar refractivity (Wildman–Crippen MR) is 68.5 cm³/mol. The van der Waals surface area contributed by atoms with E-state index in [-0.39, 0.29) is 5.97 Å². The van der Waals surface area contributed by atoms with E-state index in [4.69, 9.17) is 14.2 Å². The van der Waals surface area contributed by atoms with Crippen molar-refractivity contribution in [3.8, 4) is 0 Å². The molecule has 0 aliphatic carbocycles. The summed E-state index contributed by atoms with van der Waals surface area (Å²) in [6.45, 7) is 7.88. The molecular formula is C13H26O5. The van der Waals surface area contributed by atoms with Gasteiger partial charge in [-0.25, -0.2) is 0 Å². The van der Waals surface area contributed by atoms with Crippen LogP contribution >= 0.6 is 0 Å². The Morgan fingerprint density at radius 1 is 0.944 bits per heavy atom. The van der Waals surface area contributed by atoms with Crippen molar-refractivity contribution in [3.63, 3.8) is 0 Å². The van der Waals surface area contributed by atoms with Gasteiger partial charge in [0.1, 0.15) is 0 Å². The van der Waals surface area contributed by atoms with Crippen LogP contribution in [0.4, 0.5) is 0 Å². The van der Waals surface area contributed by atoms with Gasteiger partial charge in [-0.15, -0.1) is 0 Å². The largest absolute Gasteiger partial charge is 0.469 e. The monoisotopic (exact) mass is 262 g/mol. The summed E-state index contributed by atoms with van der Waals surface area (Å²) in [6.07, 6.45) is 1.09. The van der Waals surface area contributed by atoms with Gasteiger partial charge in [-0.05, 0) is 12.3 Å². The Morgan fingerprint density at radius 2 is 1.50 bits per heavy atom. The van der Waals surface area contributed by atoms with E-state index in [2.05, 4.69) is 18.6 Å². The lowest BCUT2D eigenvalue weighted by molar-refractivity contribution is -0.141. The van der Waals surface area contributed by atoms with Crippen molar-refractivity contribution < 1.29 is 23.7 Å². The second-order valence-corrected chi connectivity index (χ2v) is 4.37. The van der Waals surface area contributed by atoms with Gasteiger partial charge in [-0.1, -0.05) is 13.8 Å². The fraction of sp³-hybridized carbons (Fsp3) is 0.923. The molecule has 0 fully saturated rings. The SMILES string of the molecule is COC(=O)CCCOCCOCCOCC(C)C. The Morgan fingerprint density at radius 3 is 2.06 bits per heavy atom. The van der Waals surface area contributed by atoms with Crippen LogP contribution in [0.5, 0.6) is 0 Å². The van der Waals surface area contributed by atoms with E-state index in [0.29, 0.717) is 51.8 Å². The van der Waals surface area contributed by atoms with E-state index >= 15 is 0 Å². The van der Waals surface area contributed by atoms with Crippen molar-refractivity contribution in [3.05, 3.63) is 0 Å². The molecule has 0 N–H and O–H groups in total. The molecule has 0 saturated heterocycles. The molecule has 0 rings (SSSR count). The highest BCUT2D eigenvalue weighted by atomic mass is 16.5. The first-order valence-electron chi connectivity index (χ1n) is 6.47. The Kier molecular flexibility index (Phi) is 12.3. The van der Waals surface area contributed by atoms with Crippen molar-refractivity contribution in [1.29, 1.82) is 0 Å². The lowest BCUT2D eigenvalue weighted by atomic mass is 10.2. The zero-order valence-corrected chi connectivity index (χ0v) is 11.8. The molecule has 5 nitrogen and oxygen atoms in total. The molecule has 0 aliphatic heterocycles. The van der Waals surface area contributed by atoms with Crippen LogP contribution in [0.3, 0.4) is 0 Å². The lowest BCUT2D eigenvalue weighted by Crippen LogP contribution is -2.12. The van der Waals surface area contributed by atoms with Crippen molar-refractivity contribution >= 4 is 5.97 Å². The molecular weight excluding hydrogens is 236 g/mol. The summed E-state index contributed by atoms with van der Waals surface area (Å²) in [7, 11) is 1.39. The molecule has 108 valence electrons. The maximum Gasteiger partial charge on any atom is 0.305 e. The summed E-state index contributed by atoms with van der Waals surface area (Å²) in [5.74, 6) is 0.361. The highest BCUT2D eigenvalue weighted by Crippen LogP contribution is 1.93. The molecule has 0 saturated carbocycles. The van der Waals surface area contributed by atoms with E-state index < -0.39 is 0 Å². The van der Waals surface area contributed by atoms with Gasteiger partial charge in [0.2, 0.25) is 0 Å². The predicted octanol–water partition coefficient (Wildman–Crippen LogP) is 1.65. The van der Waals surface area contributed by atoms with Gasteiger partial charge < -0.3 is 18.9 Å². The molecule has 0 heterocycles. The van der Waals surface area contributed by atoms with E-state index in [1.54, 1.807) is 0 Å².